The molecule has 0 bridgehead atoms. The third-order valence-electron chi connectivity index (χ3n) is 6.06. The minimum atomic E-state index is 0.296. The monoisotopic (exact) mass is 266 g/mol. The summed E-state index contributed by atoms with van der Waals surface area (Å²) < 4.78 is 0. The second-order valence-electron chi connectivity index (χ2n) is 9.31. The lowest BCUT2D eigenvalue weighted by Crippen LogP contribution is -2.53. The first-order chi connectivity index (χ1) is 8.43. The normalized spacial score (nSPS) is 30.9. The fourth-order valence-corrected chi connectivity index (χ4v) is 3.47. The molecule has 2 rings (SSSR count). The predicted molar refractivity (Wildman–Crippen MR) is 83.4 cm³/mol. The molecule has 0 aromatic heterocycles. The van der Waals surface area contributed by atoms with Gasteiger partial charge in [0, 0.05) is 37.3 Å². The van der Waals surface area contributed by atoms with Crippen LogP contribution < -0.4 is 0 Å². The van der Waals surface area contributed by atoms with Crippen molar-refractivity contribution < 1.29 is 0 Å². The van der Waals surface area contributed by atoms with Gasteiger partial charge in [0.15, 0.2) is 0 Å². The van der Waals surface area contributed by atoms with Crippen molar-refractivity contribution in [1.82, 2.24) is 9.80 Å². The van der Waals surface area contributed by atoms with Gasteiger partial charge in [-0.05, 0) is 51.9 Å². The molecule has 2 heterocycles. The summed E-state index contributed by atoms with van der Waals surface area (Å²) in [6, 6.07) is 0. The lowest BCUT2D eigenvalue weighted by Gasteiger charge is -2.47. The highest BCUT2D eigenvalue weighted by Gasteiger charge is 2.48. The second kappa shape index (κ2) is 4.46. The van der Waals surface area contributed by atoms with Crippen LogP contribution in [0, 0.1) is 17.3 Å². The van der Waals surface area contributed by atoms with E-state index in [1.54, 1.807) is 0 Å². The quantitative estimate of drug-likeness (QED) is 0.717. The van der Waals surface area contributed by atoms with Crippen LogP contribution in [0.2, 0.25) is 0 Å². The molecule has 2 heteroatoms. The highest BCUT2D eigenvalue weighted by molar-refractivity contribution is 5.02. The van der Waals surface area contributed by atoms with Crippen LogP contribution in [0.25, 0.3) is 0 Å². The summed E-state index contributed by atoms with van der Waals surface area (Å²) in [6.07, 6.45) is 0. The van der Waals surface area contributed by atoms with Crippen molar-refractivity contribution in [3.63, 3.8) is 0 Å². The van der Waals surface area contributed by atoms with Gasteiger partial charge in [0.1, 0.15) is 0 Å². The summed E-state index contributed by atoms with van der Waals surface area (Å²) in [5.41, 5.74) is 0.980. The number of fused-ring (bicyclic) bond motifs is 1. The molecule has 112 valence electrons. The summed E-state index contributed by atoms with van der Waals surface area (Å²) in [6.45, 7) is 24.2. The molecule has 2 aliphatic rings. The predicted octanol–water partition coefficient (Wildman–Crippen LogP) is 3.47. The van der Waals surface area contributed by atoms with Crippen molar-refractivity contribution in [3.05, 3.63) is 0 Å². The van der Waals surface area contributed by atoms with E-state index in [9.17, 15) is 0 Å². The van der Waals surface area contributed by atoms with Crippen molar-refractivity contribution in [3.8, 4) is 0 Å². The third kappa shape index (κ3) is 2.71. The molecule has 0 radical (unpaired) electrons. The van der Waals surface area contributed by atoms with Crippen LogP contribution in [0.3, 0.4) is 0 Å². The van der Waals surface area contributed by atoms with E-state index in [4.69, 9.17) is 0 Å². The van der Waals surface area contributed by atoms with E-state index in [1.807, 2.05) is 0 Å². The smallest absolute Gasteiger partial charge is 0.0201 e. The highest BCUT2D eigenvalue weighted by Crippen LogP contribution is 2.42. The summed E-state index contributed by atoms with van der Waals surface area (Å²) >= 11 is 0. The van der Waals surface area contributed by atoms with E-state index in [2.05, 4.69) is 65.2 Å². The van der Waals surface area contributed by atoms with Crippen molar-refractivity contribution in [2.24, 2.45) is 17.3 Å². The lowest BCUT2D eigenvalue weighted by atomic mass is 9.75. The van der Waals surface area contributed by atoms with Gasteiger partial charge in [0.05, 0.1) is 0 Å². The first-order valence-electron chi connectivity index (χ1n) is 7.93. The summed E-state index contributed by atoms with van der Waals surface area (Å²) in [5, 5.41) is 0. The van der Waals surface area contributed by atoms with Crippen LogP contribution in [-0.4, -0.2) is 47.1 Å². The number of hydrogen-bond donors (Lipinski definition) is 0. The van der Waals surface area contributed by atoms with E-state index >= 15 is 0 Å². The maximum atomic E-state index is 2.75. The largest absolute Gasteiger partial charge is 0.298 e. The molecule has 2 unspecified atom stereocenters. The highest BCUT2D eigenvalue weighted by atomic mass is 15.3. The Morgan fingerprint density at radius 3 is 1.32 bits per heavy atom. The molecule has 2 aliphatic heterocycles. The minimum Gasteiger partial charge on any atom is -0.298 e. The topological polar surface area (TPSA) is 6.48 Å². The Labute approximate surface area is 120 Å². The van der Waals surface area contributed by atoms with Gasteiger partial charge in [-0.1, -0.05) is 20.8 Å². The summed E-state index contributed by atoms with van der Waals surface area (Å²) in [7, 11) is 0. The first-order valence-corrected chi connectivity index (χ1v) is 7.93. The molecule has 0 aliphatic carbocycles. The molecule has 2 nitrogen and oxygen atoms in total. The number of hydrogen-bond acceptors (Lipinski definition) is 2. The number of likely N-dealkylation sites (tertiary alicyclic amines) is 2. The molecule has 0 spiro atoms. The van der Waals surface area contributed by atoms with Gasteiger partial charge in [-0.3, -0.25) is 9.80 Å². The van der Waals surface area contributed by atoms with Crippen LogP contribution >= 0.6 is 0 Å². The van der Waals surface area contributed by atoms with Crippen molar-refractivity contribution in [2.75, 3.05) is 26.2 Å². The van der Waals surface area contributed by atoms with E-state index < -0.39 is 0 Å². The van der Waals surface area contributed by atoms with Crippen molar-refractivity contribution in [2.45, 2.75) is 66.5 Å². The maximum Gasteiger partial charge on any atom is 0.0201 e. The summed E-state index contributed by atoms with van der Waals surface area (Å²) in [4.78, 5) is 5.44. The van der Waals surface area contributed by atoms with Gasteiger partial charge >= 0.3 is 0 Å². The fourth-order valence-electron chi connectivity index (χ4n) is 3.47. The standard InChI is InChI=1S/C17H34N2/c1-15(2,3)17(7,8)19-11-13-9-18(16(4,5)6)10-14(13)12-19/h13-14H,9-12H2,1-8H3. The van der Waals surface area contributed by atoms with Gasteiger partial charge in [0.2, 0.25) is 0 Å². The average molecular weight is 266 g/mol. The Kier molecular flexibility index (Phi) is 3.59. The Bertz CT molecular complexity index is 318. The van der Waals surface area contributed by atoms with Gasteiger partial charge < -0.3 is 0 Å². The van der Waals surface area contributed by atoms with Gasteiger partial charge in [0.25, 0.3) is 0 Å². The van der Waals surface area contributed by atoms with Crippen molar-refractivity contribution in [1.29, 1.82) is 0 Å². The SMILES string of the molecule is CC(C)(C)N1CC2CN(C(C)(C)C(C)(C)C)CC2C1. The molecule has 0 aromatic carbocycles. The van der Waals surface area contributed by atoms with E-state index in [-0.39, 0.29) is 0 Å². The Hall–Kier alpha value is -0.0800. The summed E-state index contributed by atoms with van der Waals surface area (Å²) in [5.74, 6) is 1.78. The molecule has 2 saturated heterocycles. The molecule has 0 amide bonds. The van der Waals surface area contributed by atoms with Crippen LogP contribution in [0.4, 0.5) is 0 Å². The second-order valence-corrected chi connectivity index (χ2v) is 9.31. The Morgan fingerprint density at radius 1 is 0.632 bits per heavy atom. The van der Waals surface area contributed by atoms with Crippen molar-refractivity contribution >= 4 is 0 Å². The van der Waals surface area contributed by atoms with Crippen LogP contribution in [0.1, 0.15) is 55.4 Å². The van der Waals surface area contributed by atoms with Gasteiger partial charge in [-0.15, -0.1) is 0 Å². The zero-order valence-corrected chi connectivity index (χ0v) is 14.4. The maximum absolute atomic E-state index is 2.75. The van der Waals surface area contributed by atoms with Crippen LogP contribution in [-0.2, 0) is 0 Å². The molecule has 0 aromatic rings. The molecule has 2 fully saturated rings. The zero-order chi connectivity index (χ0) is 14.6. The van der Waals surface area contributed by atoms with Gasteiger partial charge in [-0.2, -0.15) is 0 Å². The molecular formula is C17H34N2. The Morgan fingerprint density at radius 2 is 1.00 bits per heavy atom. The fraction of sp³-hybridized carbons (Fsp3) is 1.00. The van der Waals surface area contributed by atoms with Gasteiger partial charge in [-0.25, -0.2) is 0 Å². The zero-order valence-electron chi connectivity index (χ0n) is 14.4. The molecule has 0 saturated carbocycles. The average Bonchev–Trinajstić information content (AvgIpc) is 2.69. The molecule has 2 atom stereocenters. The van der Waals surface area contributed by atoms with E-state index in [0.29, 0.717) is 16.5 Å². The number of rotatable bonds is 1. The minimum absolute atomic E-state index is 0.296. The first kappa shape index (κ1) is 15.3. The molecular weight excluding hydrogens is 232 g/mol. The third-order valence-corrected chi connectivity index (χ3v) is 6.06. The van der Waals surface area contributed by atoms with E-state index in [0.717, 1.165) is 11.8 Å². The molecule has 0 N–H and O–H groups in total. The Balaban J connectivity index is 2.02. The number of nitrogens with zero attached hydrogens (tertiary/aromatic N) is 2. The van der Waals surface area contributed by atoms with E-state index in [1.165, 1.54) is 26.2 Å². The lowest BCUT2D eigenvalue weighted by molar-refractivity contribution is 0.0284. The molecule has 19 heavy (non-hydrogen) atoms. The van der Waals surface area contributed by atoms with Crippen LogP contribution in [0.5, 0.6) is 0 Å². The van der Waals surface area contributed by atoms with Crippen LogP contribution in [0.15, 0.2) is 0 Å².